The summed E-state index contributed by atoms with van der Waals surface area (Å²) in [6.45, 7) is 0.278. The lowest BCUT2D eigenvalue weighted by Crippen LogP contribution is -2.13. The molecule has 2 heterocycles. The van der Waals surface area contributed by atoms with E-state index in [2.05, 4.69) is 20.8 Å². The Hall–Kier alpha value is -2.22. The van der Waals surface area contributed by atoms with Crippen molar-refractivity contribution in [1.29, 1.82) is 0 Å². The maximum Gasteiger partial charge on any atom is 0.178 e. The number of halogens is 2. The van der Waals surface area contributed by atoms with E-state index in [0.29, 0.717) is 11.8 Å². The van der Waals surface area contributed by atoms with Gasteiger partial charge in [-0.25, -0.2) is 19.6 Å². The van der Waals surface area contributed by atoms with Crippen molar-refractivity contribution in [2.24, 2.45) is 12.9 Å². The summed E-state index contributed by atoms with van der Waals surface area (Å²) in [6.07, 6.45) is 1.76. The van der Waals surface area contributed by atoms with E-state index in [1.54, 1.807) is 24.0 Å². The number of aromatic nitrogens is 3. The molecule has 18 heavy (non-hydrogen) atoms. The summed E-state index contributed by atoms with van der Waals surface area (Å²) < 4.78 is 28.1. The molecule has 0 spiro atoms. The van der Waals surface area contributed by atoms with Gasteiger partial charge in [-0.3, -0.25) is 4.68 Å². The normalized spacial score (nSPS) is 10.4. The zero-order valence-corrected chi connectivity index (χ0v) is 9.61. The molecule has 0 fully saturated rings. The van der Waals surface area contributed by atoms with E-state index in [9.17, 15) is 8.78 Å². The van der Waals surface area contributed by atoms with Crippen LogP contribution in [-0.2, 0) is 13.6 Å². The van der Waals surface area contributed by atoms with Gasteiger partial charge in [0.15, 0.2) is 23.3 Å². The molecule has 0 aliphatic rings. The summed E-state index contributed by atoms with van der Waals surface area (Å²) >= 11 is 0. The van der Waals surface area contributed by atoms with Crippen molar-refractivity contribution in [2.75, 3.05) is 10.7 Å². The van der Waals surface area contributed by atoms with Gasteiger partial charge in [0.2, 0.25) is 0 Å². The SMILES string of the molecule is Cn1ccc(CNc2nc(NN)c(F)cc2F)n1. The first-order valence-electron chi connectivity index (χ1n) is 5.15. The van der Waals surface area contributed by atoms with Crippen LogP contribution in [0.25, 0.3) is 0 Å². The lowest BCUT2D eigenvalue weighted by atomic mass is 10.3. The predicted octanol–water partition coefficient (Wildman–Crippen LogP) is 0.991. The molecule has 0 unspecified atom stereocenters. The van der Waals surface area contributed by atoms with E-state index in [-0.39, 0.29) is 18.2 Å². The number of hydrogen-bond acceptors (Lipinski definition) is 5. The Balaban J connectivity index is 2.13. The monoisotopic (exact) mass is 254 g/mol. The van der Waals surface area contributed by atoms with Crippen molar-refractivity contribution < 1.29 is 8.78 Å². The minimum absolute atomic E-state index is 0.0880. The van der Waals surface area contributed by atoms with E-state index in [1.807, 2.05) is 0 Å². The number of anilines is 2. The van der Waals surface area contributed by atoms with Crippen molar-refractivity contribution in [3.63, 3.8) is 0 Å². The van der Waals surface area contributed by atoms with Gasteiger partial charge in [0.05, 0.1) is 12.2 Å². The maximum atomic E-state index is 13.4. The molecule has 2 aromatic heterocycles. The van der Waals surface area contributed by atoms with Crippen molar-refractivity contribution in [1.82, 2.24) is 14.8 Å². The van der Waals surface area contributed by atoms with E-state index in [4.69, 9.17) is 5.84 Å². The van der Waals surface area contributed by atoms with Crippen LogP contribution >= 0.6 is 0 Å². The van der Waals surface area contributed by atoms with Gasteiger partial charge in [-0.1, -0.05) is 0 Å². The number of aryl methyl sites for hydroxylation is 1. The average molecular weight is 254 g/mol. The second kappa shape index (κ2) is 4.96. The molecule has 0 amide bonds. The van der Waals surface area contributed by atoms with E-state index in [1.165, 1.54) is 0 Å². The quantitative estimate of drug-likeness (QED) is 0.560. The molecule has 4 N–H and O–H groups in total. The van der Waals surface area contributed by atoms with Crippen LogP contribution in [0.2, 0.25) is 0 Å². The molecule has 96 valence electrons. The van der Waals surface area contributed by atoms with E-state index >= 15 is 0 Å². The summed E-state index contributed by atoms with van der Waals surface area (Å²) in [6, 6.07) is 2.49. The summed E-state index contributed by atoms with van der Waals surface area (Å²) in [5.41, 5.74) is 2.77. The van der Waals surface area contributed by atoms with Gasteiger partial charge < -0.3 is 10.7 Å². The molecular weight excluding hydrogens is 242 g/mol. The van der Waals surface area contributed by atoms with E-state index in [0.717, 1.165) is 0 Å². The fraction of sp³-hybridized carbons (Fsp3) is 0.200. The second-order valence-electron chi connectivity index (χ2n) is 3.63. The zero-order chi connectivity index (χ0) is 13.1. The number of rotatable bonds is 4. The predicted molar refractivity (Wildman–Crippen MR) is 62.5 cm³/mol. The number of hydrazine groups is 1. The molecule has 2 rings (SSSR count). The fourth-order valence-corrected chi connectivity index (χ4v) is 1.42. The summed E-state index contributed by atoms with van der Waals surface area (Å²) in [5, 5.41) is 6.83. The van der Waals surface area contributed by atoms with Crippen LogP contribution < -0.4 is 16.6 Å². The van der Waals surface area contributed by atoms with Crippen LogP contribution in [0.15, 0.2) is 18.3 Å². The zero-order valence-electron chi connectivity index (χ0n) is 9.61. The first-order valence-corrected chi connectivity index (χ1v) is 5.15. The van der Waals surface area contributed by atoms with Crippen LogP contribution in [0.3, 0.4) is 0 Å². The van der Waals surface area contributed by atoms with Gasteiger partial charge >= 0.3 is 0 Å². The number of nitrogens with zero attached hydrogens (tertiary/aromatic N) is 3. The maximum absolute atomic E-state index is 13.4. The first kappa shape index (κ1) is 12.2. The van der Waals surface area contributed by atoms with Crippen LogP contribution in [0.1, 0.15) is 5.69 Å². The minimum Gasteiger partial charge on any atom is -0.362 e. The van der Waals surface area contributed by atoms with Crippen molar-refractivity contribution in [2.45, 2.75) is 6.54 Å². The summed E-state index contributed by atoms with van der Waals surface area (Å²) in [5.74, 6) is 3.11. The van der Waals surface area contributed by atoms with Gasteiger partial charge in [-0.2, -0.15) is 5.10 Å². The Kier molecular flexibility index (Phi) is 3.38. The Morgan fingerprint density at radius 3 is 2.67 bits per heavy atom. The Bertz CT molecular complexity index is 553. The largest absolute Gasteiger partial charge is 0.362 e. The topological polar surface area (TPSA) is 80.8 Å². The lowest BCUT2D eigenvalue weighted by Gasteiger charge is -2.08. The number of nitrogens with two attached hydrogens (primary N) is 1. The van der Waals surface area contributed by atoms with Crippen molar-refractivity contribution >= 4 is 11.6 Å². The number of hydrogen-bond donors (Lipinski definition) is 3. The molecule has 0 radical (unpaired) electrons. The third kappa shape index (κ3) is 2.54. The highest BCUT2D eigenvalue weighted by atomic mass is 19.1. The number of pyridine rings is 1. The van der Waals surface area contributed by atoms with Gasteiger partial charge in [0, 0.05) is 19.3 Å². The van der Waals surface area contributed by atoms with Crippen LogP contribution in [0.4, 0.5) is 20.4 Å². The number of nitrogens with one attached hydrogen (secondary N) is 2. The highest BCUT2D eigenvalue weighted by Gasteiger charge is 2.11. The van der Waals surface area contributed by atoms with Crippen molar-refractivity contribution in [3.8, 4) is 0 Å². The third-order valence-corrected chi connectivity index (χ3v) is 2.27. The van der Waals surface area contributed by atoms with Crippen LogP contribution in [-0.4, -0.2) is 14.8 Å². The lowest BCUT2D eigenvalue weighted by molar-refractivity contribution is 0.578. The van der Waals surface area contributed by atoms with Crippen molar-refractivity contribution in [3.05, 3.63) is 35.7 Å². The molecular formula is C10H12F2N6. The van der Waals surface area contributed by atoms with Crippen LogP contribution in [0, 0.1) is 11.6 Å². The highest BCUT2D eigenvalue weighted by molar-refractivity contribution is 5.46. The number of nitrogen functional groups attached to an aromatic ring is 1. The molecule has 0 atom stereocenters. The molecule has 8 heteroatoms. The van der Waals surface area contributed by atoms with Gasteiger partial charge in [0.1, 0.15) is 0 Å². The molecule has 0 aromatic carbocycles. The Labute approximate surface area is 102 Å². The standard InChI is InChI=1S/C10H12F2N6/c1-18-3-2-6(17-18)5-14-9-7(11)4-8(12)10(15-9)16-13/h2-4H,5,13H2,1H3,(H2,14,15,16). The van der Waals surface area contributed by atoms with Gasteiger partial charge in [0.25, 0.3) is 0 Å². The van der Waals surface area contributed by atoms with Crippen LogP contribution in [0.5, 0.6) is 0 Å². The molecule has 0 saturated heterocycles. The first-order chi connectivity index (χ1) is 8.60. The molecule has 2 aromatic rings. The smallest absolute Gasteiger partial charge is 0.178 e. The molecule has 0 aliphatic carbocycles. The Morgan fingerprint density at radius 1 is 1.33 bits per heavy atom. The molecule has 6 nitrogen and oxygen atoms in total. The highest BCUT2D eigenvalue weighted by Crippen LogP contribution is 2.18. The minimum atomic E-state index is -0.849. The van der Waals surface area contributed by atoms with E-state index < -0.39 is 11.6 Å². The average Bonchev–Trinajstić information content (AvgIpc) is 2.74. The molecule has 0 bridgehead atoms. The van der Waals surface area contributed by atoms with Gasteiger partial charge in [-0.15, -0.1) is 0 Å². The molecule has 0 saturated carbocycles. The Morgan fingerprint density at radius 2 is 2.06 bits per heavy atom. The third-order valence-electron chi connectivity index (χ3n) is 2.27. The molecule has 0 aliphatic heterocycles. The second-order valence-corrected chi connectivity index (χ2v) is 3.63. The fourth-order valence-electron chi connectivity index (χ4n) is 1.42. The summed E-state index contributed by atoms with van der Waals surface area (Å²) in [4.78, 5) is 3.68. The van der Waals surface area contributed by atoms with Gasteiger partial charge in [-0.05, 0) is 6.07 Å². The summed E-state index contributed by atoms with van der Waals surface area (Å²) in [7, 11) is 1.77.